The minimum atomic E-state index is -0.195. The monoisotopic (exact) mass is 203 g/mol. The van der Waals surface area contributed by atoms with Gasteiger partial charge in [0.1, 0.15) is 0 Å². The molecule has 0 unspecified atom stereocenters. The molecule has 0 saturated carbocycles. The molecule has 0 atom stereocenters. The summed E-state index contributed by atoms with van der Waals surface area (Å²) in [6.07, 6.45) is 0.692. The van der Waals surface area contributed by atoms with E-state index < -0.39 is 0 Å². The number of hydrogen-bond donors (Lipinski definition) is 1. The minimum absolute atomic E-state index is 0.159. The van der Waals surface area contributed by atoms with Crippen molar-refractivity contribution in [1.29, 1.82) is 0 Å². The van der Waals surface area contributed by atoms with Gasteiger partial charge in [0.25, 0.3) is 0 Å². The van der Waals surface area contributed by atoms with Crippen molar-refractivity contribution in [3.05, 3.63) is 0 Å². The van der Waals surface area contributed by atoms with Gasteiger partial charge in [-0.3, -0.25) is 9.69 Å². The van der Waals surface area contributed by atoms with Crippen LogP contribution in [0.2, 0.25) is 0 Å². The highest BCUT2D eigenvalue weighted by Crippen LogP contribution is 1.99. The summed E-state index contributed by atoms with van der Waals surface area (Å²) in [7, 11) is 0. The third-order valence-corrected chi connectivity index (χ3v) is 1.97. The lowest BCUT2D eigenvalue weighted by atomic mass is 10.3. The molecule has 0 saturated heterocycles. The van der Waals surface area contributed by atoms with Gasteiger partial charge in [-0.1, -0.05) is 0 Å². The lowest BCUT2D eigenvalue weighted by Gasteiger charge is -2.24. The molecule has 0 aliphatic heterocycles. The zero-order chi connectivity index (χ0) is 11.0. The number of rotatable bonds is 7. The van der Waals surface area contributed by atoms with E-state index >= 15 is 0 Å². The number of carbonyl (C=O) groups excluding carboxylic acids is 1. The largest absolute Gasteiger partial charge is 0.465 e. The summed E-state index contributed by atoms with van der Waals surface area (Å²) in [6, 6.07) is 0.297. The molecule has 0 heterocycles. The third kappa shape index (κ3) is 5.94. The van der Waals surface area contributed by atoms with Crippen LogP contribution in [0, 0.1) is 0 Å². The molecule has 0 aliphatic carbocycles. The van der Waals surface area contributed by atoms with Crippen molar-refractivity contribution in [3.63, 3.8) is 0 Å². The fourth-order valence-corrected chi connectivity index (χ4v) is 1.17. The average molecular weight is 203 g/mol. The highest BCUT2D eigenvalue weighted by molar-refractivity contribution is 5.71. The molecule has 84 valence electrons. The summed E-state index contributed by atoms with van der Waals surface area (Å²) in [5.74, 6) is -0.195. The highest BCUT2D eigenvalue weighted by atomic mass is 16.5. The van der Waals surface area contributed by atoms with E-state index in [9.17, 15) is 4.79 Å². The quantitative estimate of drug-likeness (QED) is 0.617. The van der Waals surface area contributed by atoms with Crippen LogP contribution in [-0.4, -0.2) is 48.3 Å². The number of carbonyl (C=O) groups is 1. The standard InChI is InChI=1S/C10H21NO3/c1-4-14-10(13)8-11(9(2)3)6-5-7-12/h9,12H,4-8H2,1-3H3. The second kappa shape index (κ2) is 7.76. The van der Waals surface area contributed by atoms with Crippen molar-refractivity contribution in [1.82, 2.24) is 4.90 Å². The molecule has 1 N–H and O–H groups in total. The number of hydrogen-bond acceptors (Lipinski definition) is 4. The van der Waals surface area contributed by atoms with Gasteiger partial charge in [-0.05, 0) is 27.2 Å². The van der Waals surface area contributed by atoms with Crippen molar-refractivity contribution in [2.24, 2.45) is 0 Å². The first kappa shape index (κ1) is 13.4. The summed E-state index contributed by atoms with van der Waals surface area (Å²) < 4.78 is 4.86. The summed E-state index contributed by atoms with van der Waals surface area (Å²) >= 11 is 0. The molecule has 4 heteroatoms. The maximum absolute atomic E-state index is 11.2. The first-order chi connectivity index (χ1) is 6.61. The Kier molecular flexibility index (Phi) is 7.42. The van der Waals surface area contributed by atoms with E-state index in [2.05, 4.69) is 0 Å². The molecule has 0 aromatic carbocycles. The number of aliphatic hydroxyl groups is 1. The Morgan fingerprint density at radius 3 is 2.57 bits per heavy atom. The Morgan fingerprint density at radius 2 is 2.14 bits per heavy atom. The molecule has 0 rings (SSSR count). The first-order valence-corrected chi connectivity index (χ1v) is 5.12. The van der Waals surface area contributed by atoms with Gasteiger partial charge in [0.05, 0.1) is 13.2 Å². The predicted molar refractivity (Wildman–Crippen MR) is 55.0 cm³/mol. The number of aliphatic hydroxyl groups excluding tert-OH is 1. The highest BCUT2D eigenvalue weighted by Gasteiger charge is 2.13. The van der Waals surface area contributed by atoms with Crippen LogP contribution in [-0.2, 0) is 9.53 Å². The van der Waals surface area contributed by atoms with E-state index in [-0.39, 0.29) is 12.6 Å². The van der Waals surface area contributed by atoms with E-state index in [0.717, 1.165) is 6.54 Å². The van der Waals surface area contributed by atoms with Crippen molar-refractivity contribution in [3.8, 4) is 0 Å². The summed E-state index contributed by atoms with van der Waals surface area (Å²) in [5, 5.41) is 8.69. The molecule has 0 spiro atoms. The fraction of sp³-hybridized carbons (Fsp3) is 0.900. The van der Waals surface area contributed by atoms with Crippen LogP contribution in [0.5, 0.6) is 0 Å². The molecular weight excluding hydrogens is 182 g/mol. The predicted octanol–water partition coefficient (Wildman–Crippen LogP) is 0.642. The second-order valence-corrected chi connectivity index (χ2v) is 3.45. The molecule has 0 radical (unpaired) electrons. The lowest BCUT2D eigenvalue weighted by Crippen LogP contribution is -2.37. The third-order valence-electron chi connectivity index (χ3n) is 1.97. The van der Waals surface area contributed by atoms with Crippen molar-refractivity contribution in [2.45, 2.75) is 33.2 Å². The normalized spacial score (nSPS) is 11.0. The van der Waals surface area contributed by atoms with Gasteiger partial charge in [0.2, 0.25) is 0 Å². The Morgan fingerprint density at radius 1 is 1.50 bits per heavy atom. The Hall–Kier alpha value is -0.610. The van der Waals surface area contributed by atoms with Crippen LogP contribution in [0.15, 0.2) is 0 Å². The Labute approximate surface area is 85.9 Å². The molecule has 0 amide bonds. The topological polar surface area (TPSA) is 49.8 Å². The Balaban J connectivity index is 3.89. The van der Waals surface area contributed by atoms with Gasteiger partial charge in [0, 0.05) is 19.2 Å². The van der Waals surface area contributed by atoms with Gasteiger partial charge < -0.3 is 9.84 Å². The molecular formula is C10H21NO3. The molecule has 0 aliphatic rings. The smallest absolute Gasteiger partial charge is 0.320 e. The fourth-order valence-electron chi connectivity index (χ4n) is 1.17. The van der Waals surface area contributed by atoms with E-state index in [4.69, 9.17) is 9.84 Å². The zero-order valence-electron chi connectivity index (χ0n) is 9.32. The van der Waals surface area contributed by atoms with Crippen molar-refractivity contribution >= 4 is 5.97 Å². The minimum Gasteiger partial charge on any atom is -0.465 e. The van der Waals surface area contributed by atoms with Gasteiger partial charge in [-0.25, -0.2) is 0 Å². The second-order valence-electron chi connectivity index (χ2n) is 3.45. The summed E-state index contributed by atoms with van der Waals surface area (Å²) in [6.45, 7) is 7.47. The van der Waals surface area contributed by atoms with E-state index in [1.807, 2.05) is 18.7 Å². The Bertz CT molecular complexity index is 159. The van der Waals surface area contributed by atoms with Crippen LogP contribution in [0.3, 0.4) is 0 Å². The van der Waals surface area contributed by atoms with Crippen LogP contribution in [0.25, 0.3) is 0 Å². The molecule has 4 nitrogen and oxygen atoms in total. The van der Waals surface area contributed by atoms with Gasteiger partial charge in [-0.15, -0.1) is 0 Å². The molecule has 14 heavy (non-hydrogen) atoms. The van der Waals surface area contributed by atoms with Crippen LogP contribution < -0.4 is 0 Å². The number of nitrogens with zero attached hydrogens (tertiary/aromatic N) is 1. The van der Waals surface area contributed by atoms with Gasteiger partial charge in [0.15, 0.2) is 0 Å². The van der Waals surface area contributed by atoms with E-state index in [1.54, 1.807) is 6.92 Å². The van der Waals surface area contributed by atoms with Gasteiger partial charge >= 0.3 is 5.97 Å². The van der Waals surface area contributed by atoms with Gasteiger partial charge in [-0.2, -0.15) is 0 Å². The van der Waals surface area contributed by atoms with Crippen LogP contribution in [0.4, 0.5) is 0 Å². The SMILES string of the molecule is CCOC(=O)CN(CCCO)C(C)C. The van der Waals surface area contributed by atoms with Crippen molar-refractivity contribution in [2.75, 3.05) is 26.3 Å². The van der Waals surface area contributed by atoms with Crippen LogP contribution in [0.1, 0.15) is 27.2 Å². The van der Waals surface area contributed by atoms with E-state index in [1.165, 1.54) is 0 Å². The summed E-state index contributed by atoms with van der Waals surface area (Å²) in [5.41, 5.74) is 0. The van der Waals surface area contributed by atoms with E-state index in [0.29, 0.717) is 25.6 Å². The lowest BCUT2D eigenvalue weighted by molar-refractivity contribution is -0.144. The molecule has 0 aromatic heterocycles. The number of ether oxygens (including phenoxy) is 1. The zero-order valence-corrected chi connectivity index (χ0v) is 9.32. The molecule has 0 bridgehead atoms. The summed E-state index contributed by atoms with van der Waals surface area (Å²) in [4.78, 5) is 13.2. The molecule has 0 aromatic rings. The molecule has 0 fully saturated rings. The maximum Gasteiger partial charge on any atom is 0.320 e. The number of esters is 1. The average Bonchev–Trinajstić information content (AvgIpc) is 2.12. The van der Waals surface area contributed by atoms with Crippen LogP contribution >= 0.6 is 0 Å². The van der Waals surface area contributed by atoms with Crippen molar-refractivity contribution < 1.29 is 14.6 Å². The maximum atomic E-state index is 11.2. The first-order valence-electron chi connectivity index (χ1n) is 5.12.